The van der Waals surface area contributed by atoms with Crippen LogP contribution in [0, 0.1) is 11.6 Å². The third-order valence-electron chi connectivity index (χ3n) is 6.27. The second-order valence-electron chi connectivity index (χ2n) is 9.55. The number of hydrogen-bond acceptors (Lipinski definition) is 5. The van der Waals surface area contributed by atoms with E-state index >= 15 is 0 Å². The molecular formula is C29H31F5N2O4S. The molecule has 0 radical (unpaired) electrons. The fourth-order valence-electron chi connectivity index (χ4n) is 4.23. The van der Waals surface area contributed by atoms with E-state index in [4.69, 9.17) is 4.74 Å². The standard InChI is InChI=1S/C29H31F5N2O4S/c1-20(37)35-18-24-26(30)16-23(17-27(24)41(2,38)39)40-15-7-13-36(14-12-21-8-4-3-5-9-21)19-22-10-6-11-25(28(22)31)29(32,33)34/h3-6,8-11,16-17H,7,12-15,18-19H2,1-2H3,(H,35,37). The van der Waals surface area contributed by atoms with Crippen LogP contribution < -0.4 is 10.1 Å². The molecule has 0 fully saturated rings. The average Bonchev–Trinajstić information content (AvgIpc) is 2.89. The van der Waals surface area contributed by atoms with Crippen LogP contribution >= 0.6 is 0 Å². The summed E-state index contributed by atoms with van der Waals surface area (Å²) >= 11 is 0. The van der Waals surface area contributed by atoms with Crippen LogP contribution in [0.3, 0.4) is 0 Å². The number of rotatable bonds is 13. The Kier molecular flexibility index (Phi) is 10.9. The minimum Gasteiger partial charge on any atom is -0.493 e. The van der Waals surface area contributed by atoms with E-state index in [1.54, 1.807) is 4.90 Å². The van der Waals surface area contributed by atoms with E-state index in [1.165, 1.54) is 25.1 Å². The van der Waals surface area contributed by atoms with Crippen LogP contribution in [0.5, 0.6) is 5.75 Å². The van der Waals surface area contributed by atoms with Gasteiger partial charge in [-0.1, -0.05) is 42.5 Å². The highest BCUT2D eigenvalue weighted by atomic mass is 32.2. The van der Waals surface area contributed by atoms with Gasteiger partial charge in [0.2, 0.25) is 5.91 Å². The lowest BCUT2D eigenvalue weighted by atomic mass is 10.1. The Morgan fingerprint density at radius 1 is 1.00 bits per heavy atom. The van der Waals surface area contributed by atoms with Crippen molar-refractivity contribution >= 4 is 15.7 Å². The number of ether oxygens (including phenoxy) is 1. The van der Waals surface area contributed by atoms with Gasteiger partial charge in [0.25, 0.3) is 0 Å². The Morgan fingerprint density at radius 2 is 1.71 bits per heavy atom. The van der Waals surface area contributed by atoms with Crippen molar-refractivity contribution in [2.45, 2.75) is 43.9 Å². The van der Waals surface area contributed by atoms with Crippen molar-refractivity contribution in [2.24, 2.45) is 0 Å². The van der Waals surface area contributed by atoms with Crippen LogP contribution in [0.15, 0.2) is 65.6 Å². The maximum Gasteiger partial charge on any atom is 0.419 e. The number of alkyl halides is 3. The Bertz CT molecular complexity index is 1450. The number of sulfone groups is 1. The Balaban J connectivity index is 1.72. The topological polar surface area (TPSA) is 75.7 Å². The lowest BCUT2D eigenvalue weighted by Gasteiger charge is -2.23. The average molecular weight is 599 g/mol. The van der Waals surface area contributed by atoms with Crippen LogP contribution in [0.4, 0.5) is 22.0 Å². The van der Waals surface area contributed by atoms with E-state index in [0.29, 0.717) is 32.0 Å². The summed E-state index contributed by atoms with van der Waals surface area (Å²) in [5, 5.41) is 2.38. The van der Waals surface area contributed by atoms with Crippen molar-refractivity contribution in [3.63, 3.8) is 0 Å². The minimum atomic E-state index is -4.82. The molecule has 3 aromatic rings. The molecular weight excluding hydrogens is 567 g/mol. The molecule has 41 heavy (non-hydrogen) atoms. The predicted molar refractivity (Wildman–Crippen MR) is 144 cm³/mol. The molecule has 0 spiro atoms. The quantitative estimate of drug-likeness (QED) is 0.207. The van der Waals surface area contributed by atoms with Crippen molar-refractivity contribution in [3.05, 3.63) is 94.6 Å². The van der Waals surface area contributed by atoms with Gasteiger partial charge in [-0.15, -0.1) is 0 Å². The molecule has 0 aliphatic heterocycles. The highest BCUT2D eigenvalue weighted by Crippen LogP contribution is 2.33. The first-order chi connectivity index (χ1) is 19.3. The molecule has 1 N–H and O–H groups in total. The Labute approximate surface area is 236 Å². The molecule has 0 saturated carbocycles. The van der Waals surface area contributed by atoms with Crippen molar-refractivity contribution < 1.29 is 39.9 Å². The summed E-state index contributed by atoms with van der Waals surface area (Å²) in [6, 6.07) is 14.8. The van der Waals surface area contributed by atoms with Crippen molar-refractivity contribution in [1.29, 1.82) is 0 Å². The van der Waals surface area contributed by atoms with Crippen LogP contribution in [-0.2, 0) is 40.3 Å². The molecule has 3 aromatic carbocycles. The third-order valence-corrected chi connectivity index (χ3v) is 7.43. The van der Waals surface area contributed by atoms with Gasteiger partial charge in [-0.25, -0.2) is 17.2 Å². The van der Waals surface area contributed by atoms with Gasteiger partial charge in [0.05, 0.1) is 17.1 Å². The molecule has 0 bridgehead atoms. The van der Waals surface area contributed by atoms with E-state index in [2.05, 4.69) is 5.32 Å². The number of benzene rings is 3. The first-order valence-corrected chi connectivity index (χ1v) is 14.7. The van der Waals surface area contributed by atoms with Gasteiger partial charge >= 0.3 is 6.18 Å². The molecule has 0 unspecified atom stereocenters. The van der Waals surface area contributed by atoms with Crippen molar-refractivity contribution in [1.82, 2.24) is 10.2 Å². The van der Waals surface area contributed by atoms with E-state index in [-0.39, 0.29) is 41.5 Å². The fourth-order valence-corrected chi connectivity index (χ4v) is 5.18. The van der Waals surface area contributed by atoms with Gasteiger partial charge in [-0.2, -0.15) is 13.2 Å². The number of halogens is 5. The number of nitrogens with zero attached hydrogens (tertiary/aromatic N) is 1. The molecule has 0 atom stereocenters. The second kappa shape index (κ2) is 13.9. The van der Waals surface area contributed by atoms with Gasteiger partial charge in [-0.05, 0) is 30.5 Å². The maximum atomic E-state index is 14.8. The van der Waals surface area contributed by atoms with E-state index in [1.807, 2.05) is 30.3 Å². The normalized spacial score (nSPS) is 12.0. The van der Waals surface area contributed by atoms with Crippen molar-refractivity contribution in [3.8, 4) is 5.75 Å². The summed E-state index contributed by atoms with van der Waals surface area (Å²) < 4.78 is 99.3. The van der Waals surface area contributed by atoms with Gasteiger partial charge in [0.1, 0.15) is 17.4 Å². The molecule has 12 heteroatoms. The molecule has 0 saturated heterocycles. The van der Waals surface area contributed by atoms with E-state index in [0.717, 1.165) is 17.9 Å². The zero-order valence-electron chi connectivity index (χ0n) is 22.6. The first-order valence-electron chi connectivity index (χ1n) is 12.8. The molecule has 0 aromatic heterocycles. The van der Waals surface area contributed by atoms with Gasteiger partial charge in [-0.3, -0.25) is 9.69 Å². The fraction of sp³-hybridized carbons (Fsp3) is 0.345. The highest BCUT2D eigenvalue weighted by molar-refractivity contribution is 7.90. The van der Waals surface area contributed by atoms with E-state index < -0.39 is 39.1 Å². The minimum absolute atomic E-state index is 0.0284. The smallest absolute Gasteiger partial charge is 0.419 e. The first kappa shape index (κ1) is 32.0. The predicted octanol–water partition coefficient (Wildman–Crippen LogP) is 5.54. The molecule has 0 aliphatic carbocycles. The Hall–Kier alpha value is -3.51. The molecule has 0 aliphatic rings. The number of hydrogen-bond donors (Lipinski definition) is 1. The molecule has 1 amide bonds. The van der Waals surface area contributed by atoms with Crippen molar-refractivity contribution in [2.75, 3.05) is 26.0 Å². The van der Waals surface area contributed by atoms with Gasteiger partial charge < -0.3 is 10.1 Å². The number of carbonyl (C=O) groups excluding carboxylic acids is 1. The molecule has 0 heterocycles. The van der Waals surface area contributed by atoms with Crippen LogP contribution in [0.2, 0.25) is 0 Å². The summed E-state index contributed by atoms with van der Waals surface area (Å²) in [7, 11) is -3.85. The molecule has 6 nitrogen and oxygen atoms in total. The Morgan fingerprint density at radius 3 is 2.34 bits per heavy atom. The molecule has 3 rings (SSSR count). The summed E-state index contributed by atoms with van der Waals surface area (Å²) in [5.74, 6) is -2.66. The summed E-state index contributed by atoms with van der Waals surface area (Å²) in [5.41, 5.74) is -0.609. The largest absolute Gasteiger partial charge is 0.493 e. The number of nitrogens with one attached hydrogen (secondary N) is 1. The molecule has 222 valence electrons. The lowest BCUT2D eigenvalue weighted by molar-refractivity contribution is -0.140. The zero-order valence-corrected chi connectivity index (χ0v) is 23.4. The second-order valence-corrected chi connectivity index (χ2v) is 11.5. The van der Waals surface area contributed by atoms with Crippen LogP contribution in [-0.4, -0.2) is 45.2 Å². The monoisotopic (exact) mass is 598 g/mol. The number of carbonyl (C=O) groups is 1. The SMILES string of the molecule is CC(=O)NCc1c(F)cc(OCCCN(CCc2ccccc2)Cc2cccc(C(F)(F)F)c2F)cc1S(C)(=O)=O. The van der Waals surface area contributed by atoms with E-state index in [9.17, 15) is 35.2 Å². The lowest BCUT2D eigenvalue weighted by Crippen LogP contribution is -2.28. The summed E-state index contributed by atoms with van der Waals surface area (Å²) in [4.78, 5) is 12.7. The summed E-state index contributed by atoms with van der Waals surface area (Å²) in [6.07, 6.45) is -3.00. The highest BCUT2D eigenvalue weighted by Gasteiger charge is 2.35. The maximum absolute atomic E-state index is 14.8. The zero-order chi connectivity index (χ0) is 30.2. The van der Waals surface area contributed by atoms with Crippen LogP contribution in [0.25, 0.3) is 0 Å². The third kappa shape index (κ3) is 9.53. The van der Waals surface area contributed by atoms with Crippen LogP contribution in [0.1, 0.15) is 35.6 Å². The summed E-state index contributed by atoms with van der Waals surface area (Å²) in [6.45, 7) is 1.59. The van der Waals surface area contributed by atoms with Gasteiger partial charge in [0.15, 0.2) is 9.84 Å². The van der Waals surface area contributed by atoms with Gasteiger partial charge in [0, 0.05) is 56.6 Å². The number of amides is 1.